The van der Waals surface area contributed by atoms with Gasteiger partial charge < -0.3 is 14.8 Å². The second kappa shape index (κ2) is 10.2. The molecule has 0 aliphatic carbocycles. The van der Waals surface area contributed by atoms with Gasteiger partial charge in [-0.25, -0.2) is 0 Å². The molecule has 158 valence electrons. The van der Waals surface area contributed by atoms with Crippen molar-refractivity contribution < 1.29 is 14.3 Å². The van der Waals surface area contributed by atoms with Crippen molar-refractivity contribution in [2.24, 2.45) is 0 Å². The van der Waals surface area contributed by atoms with Crippen molar-refractivity contribution in [3.05, 3.63) is 70.6 Å². The number of rotatable bonds is 8. The van der Waals surface area contributed by atoms with E-state index in [1.165, 1.54) is 5.56 Å². The molecule has 4 rings (SSSR count). The molecule has 3 aromatic rings. The number of methoxy groups -OCH3 is 1. The van der Waals surface area contributed by atoms with Crippen LogP contribution in [0.4, 0.5) is 0 Å². The molecule has 1 N–H and O–H groups in total. The molecule has 1 fully saturated rings. The zero-order chi connectivity index (χ0) is 20.8. The Labute approximate surface area is 181 Å². The minimum Gasteiger partial charge on any atom is -0.383 e. The summed E-state index contributed by atoms with van der Waals surface area (Å²) in [6.07, 6.45) is 0.913. The normalized spacial score (nSPS) is 17.3. The Morgan fingerprint density at radius 1 is 1.20 bits per heavy atom. The van der Waals surface area contributed by atoms with Gasteiger partial charge in [0.2, 0.25) is 0 Å². The molecule has 1 atom stereocenters. The van der Waals surface area contributed by atoms with Crippen LogP contribution in [0, 0.1) is 0 Å². The van der Waals surface area contributed by atoms with Gasteiger partial charge in [0, 0.05) is 43.6 Å². The number of carbonyl (C=O) groups is 1. The smallest absolute Gasteiger partial charge is 0.261 e. The Morgan fingerprint density at radius 2 is 2.00 bits per heavy atom. The molecule has 30 heavy (non-hydrogen) atoms. The number of carbonyl (C=O) groups excluding carboxylic acids is 1. The molecule has 1 amide bonds. The van der Waals surface area contributed by atoms with Crippen molar-refractivity contribution in [3.8, 4) is 0 Å². The van der Waals surface area contributed by atoms with Crippen molar-refractivity contribution in [2.75, 3.05) is 46.5 Å². The lowest BCUT2D eigenvalue weighted by Crippen LogP contribution is -2.40. The number of nitrogens with zero attached hydrogens (tertiary/aromatic N) is 1. The molecule has 1 aliphatic heterocycles. The van der Waals surface area contributed by atoms with E-state index in [0.29, 0.717) is 19.8 Å². The van der Waals surface area contributed by atoms with E-state index in [1.54, 1.807) is 18.4 Å². The maximum absolute atomic E-state index is 12.9. The molecule has 1 saturated heterocycles. The fourth-order valence-electron chi connectivity index (χ4n) is 3.91. The van der Waals surface area contributed by atoms with E-state index < -0.39 is 0 Å². The van der Waals surface area contributed by atoms with Crippen LogP contribution in [0.1, 0.15) is 26.9 Å². The summed E-state index contributed by atoms with van der Waals surface area (Å²) in [7, 11) is 1.64. The Kier molecular flexibility index (Phi) is 7.12. The summed E-state index contributed by atoms with van der Waals surface area (Å²) in [4.78, 5) is 16.1. The SMILES string of the molecule is COCCNC(=O)c1sc2ccccc2c1[C@H]1CN(CCc2ccccc2)CCO1. The molecule has 0 radical (unpaired) electrons. The summed E-state index contributed by atoms with van der Waals surface area (Å²) in [5.74, 6) is -0.0479. The number of morpholine rings is 1. The topological polar surface area (TPSA) is 50.8 Å². The van der Waals surface area contributed by atoms with Gasteiger partial charge in [0.05, 0.1) is 24.2 Å². The van der Waals surface area contributed by atoms with E-state index in [4.69, 9.17) is 9.47 Å². The predicted octanol–water partition coefficient (Wildman–Crippen LogP) is 3.89. The van der Waals surface area contributed by atoms with Gasteiger partial charge in [-0.05, 0) is 23.4 Å². The zero-order valence-electron chi connectivity index (χ0n) is 17.3. The molecule has 2 aromatic carbocycles. The third-order valence-corrected chi connectivity index (χ3v) is 6.65. The molecule has 0 saturated carbocycles. The van der Waals surface area contributed by atoms with Crippen LogP contribution in [0.5, 0.6) is 0 Å². The lowest BCUT2D eigenvalue weighted by molar-refractivity contribution is -0.0289. The van der Waals surface area contributed by atoms with Gasteiger partial charge in [0.25, 0.3) is 5.91 Å². The first-order chi connectivity index (χ1) is 14.8. The van der Waals surface area contributed by atoms with Gasteiger partial charge in [0.15, 0.2) is 0 Å². The summed E-state index contributed by atoms with van der Waals surface area (Å²) in [5.41, 5.74) is 2.37. The van der Waals surface area contributed by atoms with Crippen LogP contribution in [-0.4, -0.2) is 57.3 Å². The van der Waals surface area contributed by atoms with E-state index in [0.717, 1.165) is 46.6 Å². The number of benzene rings is 2. The molecule has 1 aliphatic rings. The molecular formula is C24H28N2O3S. The number of nitrogens with one attached hydrogen (secondary N) is 1. The highest BCUT2D eigenvalue weighted by Gasteiger charge is 2.29. The van der Waals surface area contributed by atoms with Crippen LogP contribution in [0.3, 0.4) is 0 Å². The summed E-state index contributed by atoms with van der Waals surface area (Å²) in [6.45, 7) is 4.37. The molecule has 5 nitrogen and oxygen atoms in total. The highest BCUT2D eigenvalue weighted by Crippen LogP contribution is 2.38. The Balaban J connectivity index is 1.53. The Hall–Kier alpha value is -2.25. The summed E-state index contributed by atoms with van der Waals surface area (Å²) < 4.78 is 12.4. The van der Waals surface area contributed by atoms with E-state index in [9.17, 15) is 4.79 Å². The van der Waals surface area contributed by atoms with Crippen LogP contribution < -0.4 is 5.32 Å². The summed E-state index contributed by atoms with van der Waals surface area (Å²) >= 11 is 1.54. The fraction of sp³-hybridized carbons (Fsp3) is 0.375. The first-order valence-electron chi connectivity index (χ1n) is 10.4. The Morgan fingerprint density at radius 3 is 2.83 bits per heavy atom. The number of ether oxygens (including phenoxy) is 2. The minimum absolute atomic E-state index is 0.0479. The predicted molar refractivity (Wildman–Crippen MR) is 121 cm³/mol. The van der Waals surface area contributed by atoms with Crippen molar-refractivity contribution >= 4 is 27.3 Å². The van der Waals surface area contributed by atoms with E-state index >= 15 is 0 Å². The highest BCUT2D eigenvalue weighted by molar-refractivity contribution is 7.21. The molecule has 2 heterocycles. The minimum atomic E-state index is -0.103. The van der Waals surface area contributed by atoms with Crippen molar-refractivity contribution in [2.45, 2.75) is 12.5 Å². The number of fused-ring (bicyclic) bond motifs is 1. The van der Waals surface area contributed by atoms with Gasteiger partial charge in [0.1, 0.15) is 0 Å². The second-order valence-electron chi connectivity index (χ2n) is 7.49. The third kappa shape index (κ3) is 4.90. The van der Waals surface area contributed by atoms with E-state index in [-0.39, 0.29) is 12.0 Å². The van der Waals surface area contributed by atoms with Gasteiger partial charge in [-0.2, -0.15) is 0 Å². The molecule has 6 heteroatoms. The number of amides is 1. The van der Waals surface area contributed by atoms with Gasteiger partial charge >= 0.3 is 0 Å². The quantitative estimate of drug-likeness (QED) is 0.558. The van der Waals surface area contributed by atoms with Gasteiger partial charge in [-0.15, -0.1) is 11.3 Å². The van der Waals surface area contributed by atoms with Crippen LogP contribution in [0.25, 0.3) is 10.1 Å². The van der Waals surface area contributed by atoms with Crippen LogP contribution in [0.2, 0.25) is 0 Å². The lowest BCUT2D eigenvalue weighted by Gasteiger charge is -2.33. The van der Waals surface area contributed by atoms with Gasteiger partial charge in [-0.1, -0.05) is 48.5 Å². The van der Waals surface area contributed by atoms with Crippen molar-refractivity contribution in [1.82, 2.24) is 10.2 Å². The Bertz CT molecular complexity index is 973. The molecule has 0 bridgehead atoms. The summed E-state index contributed by atoms with van der Waals surface area (Å²) in [5, 5.41) is 4.10. The number of thiophene rings is 1. The highest BCUT2D eigenvalue weighted by atomic mass is 32.1. The molecule has 0 unspecified atom stereocenters. The standard InChI is InChI=1S/C24H28N2O3S/c1-28-15-12-25-24(27)23-22(19-9-5-6-10-21(19)30-23)20-17-26(14-16-29-20)13-11-18-7-3-2-4-8-18/h2-10,20H,11-17H2,1H3,(H,25,27)/t20-/m1/s1. The van der Waals surface area contributed by atoms with Gasteiger partial charge in [-0.3, -0.25) is 9.69 Å². The second-order valence-corrected chi connectivity index (χ2v) is 8.54. The van der Waals surface area contributed by atoms with E-state index in [1.807, 2.05) is 12.1 Å². The first-order valence-corrected chi connectivity index (χ1v) is 11.2. The van der Waals surface area contributed by atoms with E-state index in [2.05, 4.69) is 52.7 Å². The third-order valence-electron chi connectivity index (χ3n) is 5.46. The number of hydrogen-bond acceptors (Lipinski definition) is 5. The zero-order valence-corrected chi connectivity index (χ0v) is 18.1. The van der Waals surface area contributed by atoms with Crippen LogP contribution in [0.15, 0.2) is 54.6 Å². The van der Waals surface area contributed by atoms with Crippen LogP contribution in [-0.2, 0) is 15.9 Å². The largest absolute Gasteiger partial charge is 0.383 e. The molecule has 1 aromatic heterocycles. The lowest BCUT2D eigenvalue weighted by atomic mass is 10.0. The average molecular weight is 425 g/mol. The molecule has 0 spiro atoms. The summed E-state index contributed by atoms with van der Waals surface area (Å²) in [6, 6.07) is 18.8. The van der Waals surface area contributed by atoms with Crippen molar-refractivity contribution in [1.29, 1.82) is 0 Å². The molecular weight excluding hydrogens is 396 g/mol. The first kappa shape index (κ1) is 21.0. The van der Waals surface area contributed by atoms with Crippen LogP contribution >= 0.6 is 11.3 Å². The van der Waals surface area contributed by atoms with Crippen molar-refractivity contribution in [3.63, 3.8) is 0 Å². The number of hydrogen-bond donors (Lipinski definition) is 1. The maximum atomic E-state index is 12.9. The average Bonchev–Trinajstić information content (AvgIpc) is 3.18. The monoisotopic (exact) mass is 424 g/mol. The fourth-order valence-corrected chi connectivity index (χ4v) is 5.08. The maximum Gasteiger partial charge on any atom is 0.261 e.